The number of carbonyl (C=O) groups excluding carboxylic acids is 1. The molecule has 1 N–H and O–H groups in total. The van der Waals surface area contributed by atoms with Crippen molar-refractivity contribution in [2.75, 3.05) is 5.32 Å². The number of halogens is 4. The Morgan fingerprint density at radius 3 is 2.81 bits per heavy atom. The number of rotatable bonds is 4. The third-order valence-corrected chi connectivity index (χ3v) is 2.77. The van der Waals surface area contributed by atoms with Crippen molar-refractivity contribution in [3.63, 3.8) is 0 Å². The van der Waals surface area contributed by atoms with Gasteiger partial charge in [0.25, 0.3) is 0 Å². The van der Waals surface area contributed by atoms with E-state index in [1.54, 1.807) is 18.3 Å². The summed E-state index contributed by atoms with van der Waals surface area (Å²) >= 11 is 5.84. The highest BCUT2D eigenvalue weighted by Crippen LogP contribution is 2.24. The Bertz CT molecular complexity index is 627. The lowest BCUT2D eigenvalue weighted by atomic mass is 10.3. The summed E-state index contributed by atoms with van der Waals surface area (Å²) in [7, 11) is 0. The van der Waals surface area contributed by atoms with Gasteiger partial charge in [-0.2, -0.15) is 18.3 Å². The van der Waals surface area contributed by atoms with Gasteiger partial charge in [-0.1, -0.05) is 11.6 Å². The molecule has 0 aliphatic heterocycles. The molecule has 1 amide bonds. The van der Waals surface area contributed by atoms with E-state index in [1.807, 2.05) is 0 Å². The zero-order valence-electron chi connectivity index (χ0n) is 10.6. The van der Waals surface area contributed by atoms with Crippen molar-refractivity contribution in [3.05, 3.63) is 35.9 Å². The fraction of sp³-hybridized carbons (Fsp3) is 0.250. The number of anilines is 1. The first kappa shape index (κ1) is 15.3. The Labute approximate surface area is 122 Å². The molecule has 2 heterocycles. The van der Waals surface area contributed by atoms with Gasteiger partial charge in [-0.3, -0.25) is 9.78 Å². The van der Waals surface area contributed by atoms with Crippen molar-refractivity contribution < 1.29 is 18.0 Å². The highest BCUT2D eigenvalue weighted by atomic mass is 35.5. The van der Waals surface area contributed by atoms with Crippen LogP contribution in [-0.2, 0) is 4.79 Å². The number of amides is 1. The molecule has 0 saturated carbocycles. The van der Waals surface area contributed by atoms with E-state index in [0.29, 0.717) is 5.69 Å². The molecule has 0 aromatic carbocycles. The van der Waals surface area contributed by atoms with Crippen LogP contribution in [0.15, 0.2) is 30.7 Å². The summed E-state index contributed by atoms with van der Waals surface area (Å²) in [5, 5.41) is 6.23. The van der Waals surface area contributed by atoms with E-state index in [0.717, 1.165) is 0 Å². The van der Waals surface area contributed by atoms with Crippen LogP contribution in [0, 0.1) is 0 Å². The van der Waals surface area contributed by atoms with Gasteiger partial charge in [-0.05, 0) is 12.1 Å². The summed E-state index contributed by atoms with van der Waals surface area (Å²) in [6, 6.07) is 3.40. The molecule has 9 heteroatoms. The molecule has 0 aliphatic carbocycles. The van der Waals surface area contributed by atoms with Gasteiger partial charge in [0.1, 0.15) is 0 Å². The van der Waals surface area contributed by atoms with Gasteiger partial charge >= 0.3 is 6.18 Å². The lowest BCUT2D eigenvalue weighted by Crippen LogP contribution is -2.16. The summed E-state index contributed by atoms with van der Waals surface area (Å²) in [5.41, 5.74) is 0.753. The summed E-state index contributed by atoms with van der Waals surface area (Å²) < 4.78 is 37.5. The topological polar surface area (TPSA) is 59.8 Å². The highest BCUT2D eigenvalue weighted by Gasteiger charge is 2.28. The first-order valence-electron chi connectivity index (χ1n) is 5.87. The van der Waals surface area contributed by atoms with E-state index in [2.05, 4.69) is 15.4 Å². The lowest BCUT2D eigenvalue weighted by Gasteiger charge is -2.06. The Morgan fingerprint density at radius 1 is 1.43 bits per heavy atom. The van der Waals surface area contributed by atoms with E-state index >= 15 is 0 Å². The fourth-order valence-electron chi connectivity index (χ4n) is 1.53. The molecule has 0 saturated heterocycles. The average Bonchev–Trinajstić information content (AvgIpc) is 2.78. The monoisotopic (exact) mass is 318 g/mol. The molecular weight excluding hydrogens is 309 g/mol. The number of nitrogens with zero attached hydrogens (tertiary/aromatic N) is 3. The van der Waals surface area contributed by atoms with Crippen LogP contribution in [0.5, 0.6) is 0 Å². The van der Waals surface area contributed by atoms with E-state index in [9.17, 15) is 18.0 Å². The molecule has 0 spiro atoms. The number of alkyl halides is 3. The number of pyridine rings is 1. The first-order chi connectivity index (χ1) is 9.85. The Balaban J connectivity index is 2.05. The quantitative estimate of drug-likeness (QED) is 0.941. The van der Waals surface area contributed by atoms with Gasteiger partial charge in [0.2, 0.25) is 5.91 Å². The number of nitrogens with one attached hydrogen (secondary N) is 1. The summed E-state index contributed by atoms with van der Waals surface area (Å²) in [6.07, 6.45) is -1.72. The first-order valence-corrected chi connectivity index (χ1v) is 6.25. The number of aromatic nitrogens is 3. The van der Waals surface area contributed by atoms with Crippen molar-refractivity contribution in [1.29, 1.82) is 0 Å². The van der Waals surface area contributed by atoms with Gasteiger partial charge in [0, 0.05) is 12.6 Å². The predicted molar refractivity (Wildman–Crippen MR) is 70.3 cm³/mol. The largest absolute Gasteiger partial charge is 0.389 e. The minimum absolute atomic E-state index is 0.0146. The minimum Gasteiger partial charge on any atom is -0.322 e. The lowest BCUT2D eigenvalue weighted by molar-refractivity contribution is -0.142. The second kappa shape index (κ2) is 6.13. The zero-order valence-corrected chi connectivity index (χ0v) is 11.3. The third-order valence-electron chi connectivity index (χ3n) is 2.49. The van der Waals surface area contributed by atoms with E-state index in [4.69, 9.17) is 11.6 Å². The maximum Gasteiger partial charge on any atom is 0.389 e. The molecular formula is C12H10ClF3N4O. The molecule has 21 heavy (non-hydrogen) atoms. The normalized spacial score (nSPS) is 11.4. The predicted octanol–water partition coefficient (Wildman–Crippen LogP) is 3.20. The van der Waals surface area contributed by atoms with Crippen molar-refractivity contribution in [2.24, 2.45) is 0 Å². The third kappa shape index (κ3) is 4.45. The molecule has 0 unspecified atom stereocenters. The van der Waals surface area contributed by atoms with Gasteiger partial charge in [0.15, 0.2) is 5.15 Å². The van der Waals surface area contributed by atoms with Crippen LogP contribution < -0.4 is 5.32 Å². The van der Waals surface area contributed by atoms with Gasteiger partial charge < -0.3 is 5.32 Å². The van der Waals surface area contributed by atoms with Crippen LogP contribution in [0.25, 0.3) is 5.69 Å². The minimum atomic E-state index is -4.37. The average molecular weight is 319 g/mol. The molecule has 0 bridgehead atoms. The van der Waals surface area contributed by atoms with Crippen molar-refractivity contribution >= 4 is 23.2 Å². The Kier molecular flexibility index (Phi) is 4.46. The van der Waals surface area contributed by atoms with E-state index in [1.165, 1.54) is 17.1 Å². The second-order valence-corrected chi connectivity index (χ2v) is 4.51. The molecule has 0 radical (unpaired) electrons. The van der Waals surface area contributed by atoms with Crippen molar-refractivity contribution in [3.8, 4) is 5.69 Å². The van der Waals surface area contributed by atoms with Crippen LogP contribution in [0.4, 0.5) is 18.9 Å². The maximum atomic E-state index is 12.0. The standard InChI is InChI=1S/C12H10ClF3N4O/c13-11-9(18-10(21)3-4-12(14,15)16)7-20(19-11)8-2-1-5-17-6-8/h1-2,5-7H,3-4H2,(H,18,21). The number of hydrogen-bond donors (Lipinski definition) is 1. The summed E-state index contributed by atoms with van der Waals surface area (Å²) in [6.45, 7) is 0. The van der Waals surface area contributed by atoms with Crippen molar-refractivity contribution in [1.82, 2.24) is 14.8 Å². The smallest absolute Gasteiger partial charge is 0.322 e. The Hall–Kier alpha value is -2.09. The summed E-state index contributed by atoms with van der Waals surface area (Å²) in [5.74, 6) is -0.778. The molecule has 2 aromatic rings. The second-order valence-electron chi connectivity index (χ2n) is 4.15. The highest BCUT2D eigenvalue weighted by molar-refractivity contribution is 6.32. The van der Waals surface area contributed by atoms with E-state index < -0.39 is 24.9 Å². The van der Waals surface area contributed by atoms with Gasteiger partial charge in [-0.25, -0.2) is 4.68 Å². The van der Waals surface area contributed by atoms with E-state index in [-0.39, 0.29) is 10.8 Å². The molecule has 5 nitrogen and oxygen atoms in total. The maximum absolute atomic E-state index is 12.0. The summed E-state index contributed by atoms with van der Waals surface area (Å²) in [4.78, 5) is 15.3. The molecule has 2 aromatic heterocycles. The Morgan fingerprint density at radius 2 is 2.19 bits per heavy atom. The van der Waals surface area contributed by atoms with Crippen LogP contribution in [0.3, 0.4) is 0 Å². The molecule has 2 rings (SSSR count). The van der Waals surface area contributed by atoms with Gasteiger partial charge in [0.05, 0.1) is 30.2 Å². The van der Waals surface area contributed by atoms with Crippen LogP contribution in [-0.4, -0.2) is 26.8 Å². The van der Waals surface area contributed by atoms with Gasteiger partial charge in [-0.15, -0.1) is 0 Å². The van der Waals surface area contributed by atoms with Crippen LogP contribution >= 0.6 is 11.6 Å². The number of hydrogen-bond acceptors (Lipinski definition) is 3. The van der Waals surface area contributed by atoms with Crippen LogP contribution in [0.1, 0.15) is 12.8 Å². The molecule has 0 atom stereocenters. The van der Waals surface area contributed by atoms with Crippen molar-refractivity contribution in [2.45, 2.75) is 19.0 Å². The SMILES string of the molecule is O=C(CCC(F)(F)F)Nc1cn(-c2cccnc2)nc1Cl. The number of carbonyl (C=O) groups is 1. The fourth-order valence-corrected chi connectivity index (χ4v) is 1.70. The molecule has 112 valence electrons. The van der Waals surface area contributed by atoms with Crippen LogP contribution in [0.2, 0.25) is 5.15 Å². The zero-order chi connectivity index (χ0) is 15.5. The molecule has 0 fully saturated rings. The molecule has 0 aliphatic rings.